The lowest BCUT2D eigenvalue weighted by molar-refractivity contribution is -0.149. The van der Waals surface area contributed by atoms with Crippen LogP contribution in [0.2, 0.25) is 0 Å². The zero-order valence-electron chi connectivity index (χ0n) is 22.2. The molecule has 0 aliphatic carbocycles. The zero-order chi connectivity index (χ0) is 28.5. The van der Waals surface area contributed by atoms with E-state index in [0.29, 0.717) is 5.01 Å². The molecule has 2 heterocycles. The lowest BCUT2D eigenvalue weighted by Gasteiger charge is -2.36. The van der Waals surface area contributed by atoms with E-state index >= 15 is 0 Å². The summed E-state index contributed by atoms with van der Waals surface area (Å²) in [6.45, 7) is 2.75. The van der Waals surface area contributed by atoms with Crippen molar-refractivity contribution in [2.45, 2.75) is 63.9 Å². The molecular formula is C21H32N5O9P. The molecule has 2 aliphatic rings. The van der Waals surface area contributed by atoms with E-state index in [1.165, 1.54) is 19.1 Å². The summed E-state index contributed by atoms with van der Waals surface area (Å²) in [5.41, 5.74) is 5.46. The Balaban J connectivity index is 1.78. The summed E-state index contributed by atoms with van der Waals surface area (Å²) in [5.74, 6) is -1.21. The first-order valence-corrected chi connectivity index (χ1v) is 12.6. The third kappa shape index (κ3) is 6.59. The van der Waals surface area contributed by atoms with Gasteiger partial charge >= 0.3 is 19.7 Å². The van der Waals surface area contributed by atoms with E-state index in [0.717, 1.165) is 6.92 Å². The number of amides is 2. The summed E-state index contributed by atoms with van der Waals surface area (Å²) < 4.78 is 51.1. The summed E-state index contributed by atoms with van der Waals surface area (Å²) in [7, 11) is -4.33. The minimum atomic E-state index is -4.33. The number of ether oxygens (including phenoxy) is 2. The first-order valence-electron chi connectivity index (χ1n) is 12.0. The third-order valence-electron chi connectivity index (χ3n) is 5.15. The van der Waals surface area contributed by atoms with Crippen molar-refractivity contribution in [3.8, 4) is 5.75 Å². The van der Waals surface area contributed by atoms with Crippen LogP contribution in [0.25, 0.3) is 0 Å². The first kappa shape index (κ1) is 25.1. The molecule has 200 valence electrons. The number of hydrogen-bond acceptors (Lipinski definition) is 11. The molecule has 1 saturated heterocycles. The Morgan fingerprint density at radius 1 is 1.44 bits per heavy atom. The third-order valence-corrected chi connectivity index (χ3v) is 6.79. The van der Waals surface area contributed by atoms with Crippen molar-refractivity contribution in [2.24, 2.45) is 10.7 Å². The largest absolute Gasteiger partial charge is 0.462 e. The predicted octanol–water partition coefficient (Wildman–Crippen LogP) is 0.254. The van der Waals surface area contributed by atoms with Gasteiger partial charge in [-0.3, -0.25) is 9.32 Å². The smallest absolute Gasteiger partial charge is 0.459 e. The number of para-hydroxylation sites is 1. The fourth-order valence-electron chi connectivity index (χ4n) is 3.37. The number of rotatable bonds is 10. The van der Waals surface area contributed by atoms with Gasteiger partial charge < -0.3 is 29.9 Å². The number of esters is 1. The Hall–Kier alpha value is -2.58. The molecule has 15 heteroatoms. The number of hydrogen-bond donors (Lipinski definition) is 5. The number of aliphatic imine (C=N–C) groups is 1. The van der Waals surface area contributed by atoms with Crippen LogP contribution < -0.4 is 20.8 Å². The standard InChI is InChI=1S/C21H32N5O9P/c1-12(2)33-18(28)13(3)25-36(31,35-14-8-6-5-7-9-14)32-11-15-17(27)21(4,30)19(34-15)26-20(29)24-16(22)10-23-26/h5-9,12-13,15,17,19,23,27,30H,10-11H2,1-4H3,(H,25,31)(H2,22,24,29)/t13-,15+,17+,19+,21+,36-/m0/s1/i10D2. The van der Waals surface area contributed by atoms with Crippen LogP contribution in [0.4, 0.5) is 4.79 Å². The van der Waals surface area contributed by atoms with E-state index in [2.05, 4.69) is 15.5 Å². The van der Waals surface area contributed by atoms with Crippen molar-refractivity contribution in [3.05, 3.63) is 30.3 Å². The van der Waals surface area contributed by atoms with Gasteiger partial charge in [-0.1, -0.05) is 18.2 Å². The highest BCUT2D eigenvalue weighted by molar-refractivity contribution is 7.52. The molecule has 6 N–H and O–H groups in total. The van der Waals surface area contributed by atoms with Crippen LogP contribution >= 0.6 is 7.75 Å². The molecule has 14 nitrogen and oxygen atoms in total. The molecule has 0 aromatic heterocycles. The van der Waals surface area contributed by atoms with Crippen LogP contribution in [0.3, 0.4) is 0 Å². The highest BCUT2D eigenvalue weighted by atomic mass is 31.2. The van der Waals surface area contributed by atoms with Crippen LogP contribution in [0, 0.1) is 0 Å². The molecule has 0 radical (unpaired) electrons. The van der Waals surface area contributed by atoms with E-state index in [4.69, 9.17) is 27.0 Å². The van der Waals surface area contributed by atoms with Crippen LogP contribution in [-0.2, 0) is 23.4 Å². The number of hydrazine groups is 1. The highest BCUT2D eigenvalue weighted by Gasteiger charge is 2.56. The average Bonchev–Trinajstić information content (AvgIpc) is 3.04. The maximum atomic E-state index is 13.6. The Morgan fingerprint density at radius 2 is 2.11 bits per heavy atom. The van der Waals surface area contributed by atoms with Crippen molar-refractivity contribution in [1.29, 1.82) is 0 Å². The average molecular weight is 531 g/mol. The summed E-state index contributed by atoms with van der Waals surface area (Å²) in [4.78, 5) is 28.1. The molecule has 6 atom stereocenters. The van der Waals surface area contributed by atoms with Gasteiger partial charge in [0, 0.05) is 0 Å². The van der Waals surface area contributed by atoms with E-state index in [1.807, 2.05) is 0 Å². The van der Waals surface area contributed by atoms with E-state index in [-0.39, 0.29) is 5.75 Å². The van der Waals surface area contributed by atoms with Crippen LogP contribution in [0.5, 0.6) is 5.75 Å². The lowest BCUT2D eigenvalue weighted by Crippen LogP contribution is -2.61. The summed E-state index contributed by atoms with van der Waals surface area (Å²) in [5, 5.41) is 24.7. The number of aliphatic hydroxyl groups excluding tert-OH is 1. The van der Waals surface area contributed by atoms with E-state index in [9.17, 15) is 24.4 Å². The maximum Gasteiger partial charge on any atom is 0.459 e. The summed E-state index contributed by atoms with van der Waals surface area (Å²) >= 11 is 0. The van der Waals surface area contributed by atoms with Crippen molar-refractivity contribution in [1.82, 2.24) is 15.5 Å². The van der Waals surface area contributed by atoms with Crippen molar-refractivity contribution in [3.63, 3.8) is 0 Å². The molecule has 0 saturated carbocycles. The Kier molecular flexibility index (Phi) is 7.82. The van der Waals surface area contributed by atoms with Gasteiger partial charge in [-0.25, -0.2) is 19.8 Å². The maximum absolute atomic E-state index is 13.6. The van der Waals surface area contributed by atoms with Gasteiger partial charge in [0.15, 0.2) is 6.23 Å². The van der Waals surface area contributed by atoms with Gasteiger partial charge in [-0.2, -0.15) is 10.1 Å². The Bertz CT molecular complexity index is 1110. The fraction of sp³-hybridized carbons (Fsp3) is 0.571. The van der Waals surface area contributed by atoms with Gasteiger partial charge in [0.05, 0.1) is 21.9 Å². The number of carbonyl (C=O) groups excluding carboxylic acids is 2. The van der Waals surface area contributed by atoms with Gasteiger partial charge in [0.25, 0.3) is 0 Å². The van der Waals surface area contributed by atoms with Gasteiger partial charge in [0.2, 0.25) is 0 Å². The van der Waals surface area contributed by atoms with Gasteiger partial charge in [-0.15, -0.1) is 0 Å². The zero-order valence-corrected chi connectivity index (χ0v) is 21.0. The first-order chi connectivity index (χ1) is 17.6. The second-order valence-electron chi connectivity index (χ2n) is 8.62. The van der Waals surface area contributed by atoms with Crippen molar-refractivity contribution >= 4 is 25.6 Å². The molecule has 2 amide bonds. The molecule has 1 aromatic carbocycles. The number of aliphatic hydroxyl groups is 2. The number of benzene rings is 1. The molecular weight excluding hydrogens is 497 g/mol. The molecule has 36 heavy (non-hydrogen) atoms. The molecule has 2 aliphatic heterocycles. The van der Waals surface area contributed by atoms with Crippen molar-refractivity contribution in [2.75, 3.05) is 13.1 Å². The SMILES string of the molecule is [2H]C1([2H])NN([C@@H]2O[C@H](CO[P@@](=O)(N[C@@H](C)C(=O)OC(C)C)Oc3ccccc3)[C@@H](O)[C@@]2(C)O)C(=O)N=C1N. The van der Waals surface area contributed by atoms with Crippen LogP contribution in [0.1, 0.15) is 30.4 Å². The number of carbonyl (C=O) groups is 2. The topological polar surface area (TPSA) is 194 Å². The molecule has 0 unspecified atom stereocenters. The lowest BCUT2D eigenvalue weighted by atomic mass is 9.96. The molecule has 1 aromatic rings. The quantitative estimate of drug-likeness (QED) is 0.204. The van der Waals surface area contributed by atoms with Crippen LogP contribution in [0.15, 0.2) is 35.3 Å². The Labute approximate surface area is 211 Å². The van der Waals surface area contributed by atoms with Gasteiger partial charge in [0.1, 0.15) is 35.4 Å². The number of nitrogens with two attached hydrogens (primary N) is 1. The minimum absolute atomic E-state index is 0.145. The second-order valence-corrected chi connectivity index (χ2v) is 10.3. The normalized spacial score (nSPS) is 31.2. The fourth-order valence-corrected chi connectivity index (χ4v) is 4.87. The van der Waals surface area contributed by atoms with Crippen LogP contribution in [-0.4, -0.2) is 82.3 Å². The molecule has 1 fully saturated rings. The van der Waals surface area contributed by atoms with Crippen molar-refractivity contribution < 1.29 is 45.6 Å². The molecule has 3 rings (SSSR count). The monoisotopic (exact) mass is 531 g/mol. The number of urea groups is 1. The number of amidine groups is 1. The number of nitrogens with one attached hydrogen (secondary N) is 2. The highest BCUT2D eigenvalue weighted by Crippen LogP contribution is 2.46. The van der Waals surface area contributed by atoms with Gasteiger partial charge in [-0.05, 0) is 39.8 Å². The number of nitrogens with zero attached hydrogens (tertiary/aromatic N) is 2. The molecule has 0 spiro atoms. The molecule has 0 bridgehead atoms. The summed E-state index contributed by atoms with van der Waals surface area (Å²) in [6.07, 6.45) is -5.16. The van der Waals surface area contributed by atoms with E-state index < -0.39 is 74.9 Å². The summed E-state index contributed by atoms with van der Waals surface area (Å²) in [6, 6.07) is 5.76. The minimum Gasteiger partial charge on any atom is -0.462 e. The second kappa shape index (κ2) is 11.2. The van der Waals surface area contributed by atoms with E-state index in [1.54, 1.807) is 32.0 Å². The Morgan fingerprint density at radius 3 is 2.75 bits per heavy atom. The predicted molar refractivity (Wildman–Crippen MR) is 127 cm³/mol.